The molecule has 0 N–H and O–H groups in total. The molecule has 3 nitrogen and oxygen atoms in total. The van der Waals surface area contributed by atoms with E-state index in [0.29, 0.717) is 0 Å². The number of hydrogen-bond donors (Lipinski definition) is 0. The zero-order valence-electron chi connectivity index (χ0n) is 11.7. The number of rotatable bonds is 3. The summed E-state index contributed by atoms with van der Waals surface area (Å²) in [6, 6.07) is 4.15. The van der Waals surface area contributed by atoms with Gasteiger partial charge in [-0.1, -0.05) is 26.8 Å². The van der Waals surface area contributed by atoms with Crippen LogP contribution in [0.25, 0.3) is 0 Å². The molecule has 102 valence electrons. The maximum Gasteiger partial charge on any atom is 0.106 e. The van der Waals surface area contributed by atoms with Gasteiger partial charge in [-0.05, 0) is 34.1 Å². The van der Waals surface area contributed by atoms with Crippen LogP contribution in [0.1, 0.15) is 26.3 Å². The number of piperazine rings is 1. The molecule has 1 aromatic rings. The van der Waals surface area contributed by atoms with Crippen molar-refractivity contribution in [2.75, 3.05) is 32.7 Å². The van der Waals surface area contributed by atoms with Crippen LogP contribution in [0, 0.1) is 0 Å². The normalized spacial score (nSPS) is 17.1. The van der Waals surface area contributed by atoms with Gasteiger partial charge in [0.1, 0.15) is 4.60 Å². The third kappa shape index (κ3) is 5.04. The molecule has 0 radical (unpaired) electrons. The second kappa shape index (κ2) is 8.62. The first-order chi connectivity index (χ1) is 8.78. The summed E-state index contributed by atoms with van der Waals surface area (Å²) in [5.74, 6) is 0. The van der Waals surface area contributed by atoms with Crippen LogP contribution in [0.15, 0.2) is 22.9 Å². The number of halogens is 1. The number of nitrogens with zero attached hydrogens (tertiary/aromatic N) is 3. The fourth-order valence-corrected chi connectivity index (χ4v) is 2.26. The molecule has 1 aliphatic heterocycles. The van der Waals surface area contributed by atoms with Crippen LogP contribution in [0.4, 0.5) is 0 Å². The lowest BCUT2D eigenvalue weighted by Gasteiger charge is -2.33. The van der Waals surface area contributed by atoms with Crippen molar-refractivity contribution in [1.29, 1.82) is 0 Å². The second-order valence-electron chi connectivity index (χ2n) is 4.20. The Morgan fingerprint density at radius 1 is 1.11 bits per heavy atom. The Labute approximate surface area is 119 Å². The number of hydrogen-bond acceptors (Lipinski definition) is 3. The molecular weight excluding hydrogens is 290 g/mol. The quantitative estimate of drug-likeness (QED) is 0.800. The Morgan fingerprint density at radius 3 is 2.22 bits per heavy atom. The molecule has 1 aromatic heterocycles. The molecule has 1 aliphatic rings. The van der Waals surface area contributed by atoms with Crippen molar-refractivity contribution in [1.82, 2.24) is 14.8 Å². The van der Waals surface area contributed by atoms with Crippen molar-refractivity contribution in [3.8, 4) is 0 Å². The first-order valence-corrected chi connectivity index (χ1v) is 7.62. The van der Waals surface area contributed by atoms with Gasteiger partial charge in [-0.3, -0.25) is 4.90 Å². The van der Waals surface area contributed by atoms with E-state index in [2.05, 4.69) is 43.7 Å². The summed E-state index contributed by atoms with van der Waals surface area (Å²) in [6.45, 7) is 13.2. The third-order valence-corrected chi connectivity index (χ3v) is 3.58. The van der Waals surface area contributed by atoms with E-state index >= 15 is 0 Å². The molecule has 2 heterocycles. The van der Waals surface area contributed by atoms with Gasteiger partial charge in [0.25, 0.3) is 0 Å². The molecule has 0 aliphatic carbocycles. The predicted molar refractivity (Wildman–Crippen MR) is 80.7 cm³/mol. The molecule has 0 atom stereocenters. The lowest BCUT2D eigenvalue weighted by molar-refractivity contribution is 0.132. The smallest absolute Gasteiger partial charge is 0.106 e. The molecule has 0 aromatic carbocycles. The average molecular weight is 314 g/mol. The summed E-state index contributed by atoms with van der Waals surface area (Å²) in [5.41, 5.74) is 1.30. The number of aromatic nitrogens is 1. The molecule has 0 saturated carbocycles. The van der Waals surface area contributed by atoms with Crippen LogP contribution in [0.3, 0.4) is 0 Å². The molecule has 1 fully saturated rings. The molecule has 0 unspecified atom stereocenters. The zero-order valence-corrected chi connectivity index (χ0v) is 13.3. The molecule has 4 heteroatoms. The minimum absolute atomic E-state index is 0.909. The number of pyridine rings is 1. The van der Waals surface area contributed by atoms with Gasteiger partial charge >= 0.3 is 0 Å². The predicted octanol–water partition coefficient (Wildman–Crippen LogP) is 3.01. The Morgan fingerprint density at radius 2 is 1.72 bits per heavy atom. The summed E-state index contributed by atoms with van der Waals surface area (Å²) in [7, 11) is 0. The first-order valence-electron chi connectivity index (χ1n) is 6.83. The SMILES string of the molecule is CC.CCN1CCN(Cc2ccc(Br)nc2)CC1. The van der Waals surface area contributed by atoms with Crippen LogP contribution in [-0.2, 0) is 6.54 Å². The van der Waals surface area contributed by atoms with E-state index in [1.165, 1.54) is 38.3 Å². The van der Waals surface area contributed by atoms with Gasteiger partial charge in [0.2, 0.25) is 0 Å². The van der Waals surface area contributed by atoms with E-state index in [9.17, 15) is 0 Å². The maximum atomic E-state index is 4.26. The van der Waals surface area contributed by atoms with Gasteiger partial charge in [-0.25, -0.2) is 4.98 Å². The van der Waals surface area contributed by atoms with Gasteiger partial charge in [0, 0.05) is 38.9 Å². The molecule has 0 amide bonds. The van der Waals surface area contributed by atoms with Crippen molar-refractivity contribution in [3.63, 3.8) is 0 Å². The Hall–Kier alpha value is -0.450. The highest BCUT2D eigenvalue weighted by Gasteiger charge is 2.15. The van der Waals surface area contributed by atoms with Crippen LogP contribution in [0.5, 0.6) is 0 Å². The van der Waals surface area contributed by atoms with Crippen LogP contribution in [0.2, 0.25) is 0 Å². The lowest BCUT2D eigenvalue weighted by atomic mass is 10.2. The molecule has 2 rings (SSSR count). The Balaban J connectivity index is 0.000000771. The second-order valence-corrected chi connectivity index (χ2v) is 5.01. The number of likely N-dealkylation sites (N-methyl/N-ethyl adjacent to an activating group) is 1. The minimum atomic E-state index is 0.909. The molecule has 0 bridgehead atoms. The van der Waals surface area contributed by atoms with E-state index < -0.39 is 0 Å². The van der Waals surface area contributed by atoms with E-state index in [0.717, 1.165) is 11.1 Å². The lowest BCUT2D eigenvalue weighted by Crippen LogP contribution is -2.45. The van der Waals surface area contributed by atoms with Crippen LogP contribution >= 0.6 is 15.9 Å². The van der Waals surface area contributed by atoms with Crippen molar-refractivity contribution >= 4 is 15.9 Å². The monoisotopic (exact) mass is 313 g/mol. The third-order valence-electron chi connectivity index (χ3n) is 3.11. The zero-order chi connectivity index (χ0) is 13.4. The largest absolute Gasteiger partial charge is 0.301 e. The highest BCUT2D eigenvalue weighted by atomic mass is 79.9. The highest BCUT2D eigenvalue weighted by Crippen LogP contribution is 2.10. The van der Waals surface area contributed by atoms with E-state index in [1.54, 1.807) is 0 Å². The Bertz CT molecular complexity index is 318. The Kier molecular flexibility index (Phi) is 7.47. The van der Waals surface area contributed by atoms with Crippen molar-refractivity contribution in [2.24, 2.45) is 0 Å². The van der Waals surface area contributed by atoms with E-state index in [1.807, 2.05) is 26.1 Å². The van der Waals surface area contributed by atoms with Crippen LogP contribution < -0.4 is 0 Å². The van der Waals surface area contributed by atoms with Gasteiger partial charge in [0.05, 0.1) is 0 Å². The van der Waals surface area contributed by atoms with Gasteiger partial charge < -0.3 is 4.90 Å². The standard InChI is InChI=1S/C12H18BrN3.C2H6/c1-2-15-5-7-16(8-6-15)10-11-3-4-12(13)14-9-11;1-2/h3-4,9H,2,5-8,10H2,1H3;1-2H3. The van der Waals surface area contributed by atoms with Crippen molar-refractivity contribution in [3.05, 3.63) is 28.5 Å². The molecule has 18 heavy (non-hydrogen) atoms. The van der Waals surface area contributed by atoms with Crippen LogP contribution in [-0.4, -0.2) is 47.5 Å². The summed E-state index contributed by atoms with van der Waals surface area (Å²) >= 11 is 3.36. The fourth-order valence-electron chi connectivity index (χ4n) is 2.02. The van der Waals surface area contributed by atoms with Crippen molar-refractivity contribution < 1.29 is 0 Å². The molecular formula is C14H24BrN3. The van der Waals surface area contributed by atoms with Gasteiger partial charge in [-0.15, -0.1) is 0 Å². The van der Waals surface area contributed by atoms with Crippen molar-refractivity contribution in [2.45, 2.75) is 27.3 Å². The minimum Gasteiger partial charge on any atom is -0.301 e. The van der Waals surface area contributed by atoms with Gasteiger partial charge in [0.15, 0.2) is 0 Å². The molecule has 1 saturated heterocycles. The van der Waals surface area contributed by atoms with Gasteiger partial charge in [-0.2, -0.15) is 0 Å². The highest BCUT2D eigenvalue weighted by molar-refractivity contribution is 9.10. The summed E-state index contributed by atoms with van der Waals surface area (Å²) in [4.78, 5) is 9.25. The topological polar surface area (TPSA) is 19.4 Å². The summed E-state index contributed by atoms with van der Waals surface area (Å²) in [6.07, 6.45) is 1.95. The summed E-state index contributed by atoms with van der Waals surface area (Å²) < 4.78 is 0.909. The average Bonchev–Trinajstić information content (AvgIpc) is 2.44. The molecule has 0 spiro atoms. The summed E-state index contributed by atoms with van der Waals surface area (Å²) in [5, 5.41) is 0. The fraction of sp³-hybridized carbons (Fsp3) is 0.643. The maximum absolute atomic E-state index is 4.26. The van der Waals surface area contributed by atoms with E-state index in [-0.39, 0.29) is 0 Å². The first kappa shape index (κ1) is 15.6. The van der Waals surface area contributed by atoms with E-state index in [4.69, 9.17) is 0 Å².